The monoisotopic (exact) mass is 388 g/mol. The molecule has 0 spiro atoms. The van der Waals surface area contributed by atoms with Crippen molar-refractivity contribution < 1.29 is 4.74 Å². The van der Waals surface area contributed by atoms with E-state index in [2.05, 4.69) is 110 Å². The molecule has 0 aliphatic rings. The van der Waals surface area contributed by atoms with Crippen molar-refractivity contribution in [3.05, 3.63) is 103 Å². The standard InChI is InChI=1S/C29H24O/c1-2-20-30-26-19-11-18-25-27(21-12-5-3-6-13-21)23-16-9-10-17-24(23)28(29(25)26)22-14-7-4-8-15-22/h3-19H,2,20H2,1H3. The van der Waals surface area contributed by atoms with Gasteiger partial charge in [0.05, 0.1) is 6.61 Å². The van der Waals surface area contributed by atoms with E-state index in [0.717, 1.165) is 12.2 Å². The molecule has 0 radical (unpaired) electrons. The van der Waals surface area contributed by atoms with Gasteiger partial charge in [0.15, 0.2) is 0 Å². The second kappa shape index (κ2) is 8.04. The Morgan fingerprint density at radius 2 is 1.07 bits per heavy atom. The minimum Gasteiger partial charge on any atom is -0.493 e. The maximum atomic E-state index is 6.27. The highest BCUT2D eigenvalue weighted by molar-refractivity contribution is 6.22. The van der Waals surface area contributed by atoms with Crippen molar-refractivity contribution in [2.24, 2.45) is 0 Å². The first-order chi connectivity index (χ1) is 14.9. The van der Waals surface area contributed by atoms with Crippen molar-refractivity contribution in [1.82, 2.24) is 0 Å². The zero-order valence-corrected chi connectivity index (χ0v) is 17.1. The fourth-order valence-electron chi connectivity index (χ4n) is 4.35. The normalized spacial score (nSPS) is 11.1. The number of fused-ring (bicyclic) bond motifs is 2. The van der Waals surface area contributed by atoms with Crippen LogP contribution in [0.1, 0.15) is 13.3 Å². The molecule has 5 aromatic rings. The van der Waals surface area contributed by atoms with E-state index >= 15 is 0 Å². The van der Waals surface area contributed by atoms with Crippen LogP contribution in [-0.2, 0) is 0 Å². The third kappa shape index (κ3) is 3.13. The van der Waals surface area contributed by atoms with Crippen molar-refractivity contribution in [2.75, 3.05) is 6.61 Å². The Balaban J connectivity index is 1.99. The second-order valence-corrected chi connectivity index (χ2v) is 7.55. The fraction of sp³-hybridized carbons (Fsp3) is 0.103. The lowest BCUT2D eigenvalue weighted by molar-refractivity contribution is 0.321. The van der Waals surface area contributed by atoms with E-state index in [1.54, 1.807) is 0 Å². The van der Waals surface area contributed by atoms with Gasteiger partial charge in [-0.1, -0.05) is 104 Å². The highest BCUT2D eigenvalue weighted by Crippen LogP contribution is 2.46. The quantitative estimate of drug-likeness (QED) is 0.276. The number of rotatable bonds is 5. The molecular formula is C29H24O. The molecule has 5 rings (SSSR count). The first-order valence-corrected chi connectivity index (χ1v) is 10.6. The largest absolute Gasteiger partial charge is 0.493 e. The smallest absolute Gasteiger partial charge is 0.127 e. The van der Waals surface area contributed by atoms with Crippen LogP contribution < -0.4 is 4.74 Å². The Bertz CT molecular complexity index is 1300. The van der Waals surface area contributed by atoms with Crippen LogP contribution in [0.5, 0.6) is 5.75 Å². The lowest BCUT2D eigenvalue weighted by Crippen LogP contribution is -1.98. The predicted molar refractivity (Wildman–Crippen MR) is 128 cm³/mol. The van der Waals surface area contributed by atoms with E-state index in [0.29, 0.717) is 6.61 Å². The molecule has 0 heterocycles. The summed E-state index contributed by atoms with van der Waals surface area (Å²) in [5.41, 5.74) is 4.95. The summed E-state index contributed by atoms with van der Waals surface area (Å²) in [4.78, 5) is 0. The van der Waals surface area contributed by atoms with Gasteiger partial charge in [0, 0.05) is 10.9 Å². The van der Waals surface area contributed by atoms with Crippen molar-refractivity contribution in [1.29, 1.82) is 0 Å². The summed E-state index contributed by atoms with van der Waals surface area (Å²) in [7, 11) is 0. The van der Waals surface area contributed by atoms with Crippen LogP contribution in [0.25, 0.3) is 43.8 Å². The van der Waals surface area contributed by atoms with Gasteiger partial charge in [-0.25, -0.2) is 0 Å². The van der Waals surface area contributed by atoms with Gasteiger partial charge in [-0.3, -0.25) is 0 Å². The summed E-state index contributed by atoms with van der Waals surface area (Å²) in [5.74, 6) is 0.955. The van der Waals surface area contributed by atoms with Gasteiger partial charge in [-0.2, -0.15) is 0 Å². The zero-order chi connectivity index (χ0) is 20.3. The summed E-state index contributed by atoms with van der Waals surface area (Å²) in [6.45, 7) is 2.86. The van der Waals surface area contributed by atoms with Gasteiger partial charge in [0.25, 0.3) is 0 Å². The van der Waals surface area contributed by atoms with E-state index in [1.807, 2.05) is 0 Å². The Morgan fingerprint density at radius 3 is 1.70 bits per heavy atom. The van der Waals surface area contributed by atoms with Gasteiger partial charge in [0.2, 0.25) is 0 Å². The zero-order valence-electron chi connectivity index (χ0n) is 17.1. The first-order valence-electron chi connectivity index (χ1n) is 10.6. The molecule has 0 unspecified atom stereocenters. The number of hydrogen-bond acceptors (Lipinski definition) is 1. The molecule has 0 aliphatic heterocycles. The molecule has 30 heavy (non-hydrogen) atoms. The van der Waals surface area contributed by atoms with Crippen molar-refractivity contribution >= 4 is 21.5 Å². The third-order valence-corrected chi connectivity index (χ3v) is 5.60. The number of ether oxygens (including phenoxy) is 1. The molecule has 0 saturated carbocycles. The second-order valence-electron chi connectivity index (χ2n) is 7.55. The van der Waals surface area contributed by atoms with Crippen LogP contribution >= 0.6 is 0 Å². The molecular weight excluding hydrogens is 364 g/mol. The van der Waals surface area contributed by atoms with Crippen molar-refractivity contribution in [3.8, 4) is 28.0 Å². The molecule has 0 saturated heterocycles. The summed E-state index contributed by atoms with van der Waals surface area (Å²) in [6, 6.07) is 36.5. The molecule has 146 valence electrons. The average molecular weight is 389 g/mol. The third-order valence-electron chi connectivity index (χ3n) is 5.60. The highest BCUT2D eigenvalue weighted by atomic mass is 16.5. The molecule has 5 aromatic carbocycles. The predicted octanol–water partition coefficient (Wildman–Crippen LogP) is 8.12. The van der Waals surface area contributed by atoms with Crippen molar-refractivity contribution in [2.45, 2.75) is 13.3 Å². The van der Waals surface area contributed by atoms with Crippen LogP contribution in [0.4, 0.5) is 0 Å². The van der Waals surface area contributed by atoms with Crippen LogP contribution in [0.15, 0.2) is 103 Å². The Morgan fingerprint density at radius 1 is 0.533 bits per heavy atom. The SMILES string of the molecule is CCCOc1cccc2c(-c3ccccc3)c3ccccc3c(-c3ccccc3)c12. The molecule has 0 fully saturated rings. The van der Waals surface area contributed by atoms with E-state index in [1.165, 1.54) is 43.8 Å². The molecule has 0 aromatic heterocycles. The first kappa shape index (κ1) is 18.4. The molecule has 1 heteroatoms. The lowest BCUT2D eigenvalue weighted by Gasteiger charge is -2.20. The minimum atomic E-state index is 0.709. The van der Waals surface area contributed by atoms with Gasteiger partial charge in [0.1, 0.15) is 5.75 Å². The molecule has 1 nitrogen and oxygen atoms in total. The molecule has 0 aliphatic carbocycles. The Labute approximate surface area is 177 Å². The van der Waals surface area contributed by atoms with Gasteiger partial charge in [-0.15, -0.1) is 0 Å². The van der Waals surface area contributed by atoms with Gasteiger partial charge < -0.3 is 4.74 Å². The summed E-state index contributed by atoms with van der Waals surface area (Å²) in [6.07, 6.45) is 0.982. The van der Waals surface area contributed by atoms with Crippen LogP contribution in [0, 0.1) is 0 Å². The van der Waals surface area contributed by atoms with Gasteiger partial charge in [-0.05, 0) is 45.3 Å². The number of benzene rings is 5. The van der Waals surface area contributed by atoms with Crippen LogP contribution in [0.3, 0.4) is 0 Å². The van der Waals surface area contributed by atoms with E-state index in [4.69, 9.17) is 4.74 Å². The van der Waals surface area contributed by atoms with E-state index in [-0.39, 0.29) is 0 Å². The Hall–Kier alpha value is -3.58. The average Bonchev–Trinajstić information content (AvgIpc) is 2.82. The van der Waals surface area contributed by atoms with E-state index in [9.17, 15) is 0 Å². The summed E-state index contributed by atoms with van der Waals surface area (Å²) >= 11 is 0. The maximum Gasteiger partial charge on any atom is 0.127 e. The minimum absolute atomic E-state index is 0.709. The Kier molecular flexibility index (Phi) is 4.94. The summed E-state index contributed by atoms with van der Waals surface area (Å²) < 4.78 is 6.27. The molecule has 0 atom stereocenters. The van der Waals surface area contributed by atoms with Crippen molar-refractivity contribution in [3.63, 3.8) is 0 Å². The molecule has 0 bridgehead atoms. The summed E-state index contributed by atoms with van der Waals surface area (Å²) in [5, 5.41) is 4.94. The van der Waals surface area contributed by atoms with E-state index < -0.39 is 0 Å². The maximum absolute atomic E-state index is 6.27. The highest BCUT2D eigenvalue weighted by Gasteiger charge is 2.19. The molecule has 0 amide bonds. The fourth-order valence-corrected chi connectivity index (χ4v) is 4.35. The van der Waals surface area contributed by atoms with Crippen LogP contribution in [-0.4, -0.2) is 6.61 Å². The topological polar surface area (TPSA) is 9.23 Å². The van der Waals surface area contributed by atoms with Crippen LogP contribution in [0.2, 0.25) is 0 Å². The lowest BCUT2D eigenvalue weighted by atomic mass is 9.85. The molecule has 0 N–H and O–H groups in total. The van der Waals surface area contributed by atoms with Gasteiger partial charge >= 0.3 is 0 Å². The number of hydrogen-bond donors (Lipinski definition) is 0.